The number of nitrogens with zero attached hydrogens (tertiary/aromatic N) is 2. The fourth-order valence-electron chi connectivity index (χ4n) is 17.5. The molecule has 5 aliphatic rings. The highest BCUT2D eigenvalue weighted by atomic mass is 15.1. The van der Waals surface area contributed by atoms with Crippen LogP contribution in [0.25, 0.3) is 99.5 Å². The Morgan fingerprint density at radius 3 is 1.48 bits per heavy atom. The summed E-state index contributed by atoms with van der Waals surface area (Å²) in [4.78, 5) is 0. The van der Waals surface area contributed by atoms with E-state index in [-0.39, 0.29) is 39.2 Å². The molecule has 2 aromatic heterocycles. The van der Waals surface area contributed by atoms with Crippen LogP contribution in [0.2, 0.25) is 0 Å². The van der Waals surface area contributed by atoms with Gasteiger partial charge in [-0.15, -0.1) is 0 Å². The monoisotopic (exact) mass is 1140 g/mol. The molecule has 88 heavy (non-hydrogen) atoms. The van der Waals surface area contributed by atoms with Gasteiger partial charge < -0.3 is 9.13 Å². The van der Waals surface area contributed by atoms with E-state index in [9.17, 15) is 0 Å². The third-order valence-electron chi connectivity index (χ3n) is 22.4. The Morgan fingerprint density at radius 1 is 0.364 bits per heavy atom. The summed E-state index contributed by atoms with van der Waals surface area (Å²) in [7, 11) is 0. The van der Waals surface area contributed by atoms with Crippen LogP contribution in [0.5, 0.6) is 0 Å². The maximum absolute atomic E-state index is 2.82. The fourth-order valence-corrected chi connectivity index (χ4v) is 17.5. The molecule has 0 atom stereocenters. The Hall–Kier alpha value is -8.14. The van der Waals surface area contributed by atoms with E-state index < -0.39 is 5.41 Å². The minimum atomic E-state index is -0.598. The predicted octanol–water partition coefficient (Wildman–Crippen LogP) is 20.2. The van der Waals surface area contributed by atoms with Crippen molar-refractivity contribution in [3.63, 3.8) is 0 Å². The molecular weight excluding hydrogens is 1060 g/mol. The second-order valence-corrected chi connectivity index (χ2v) is 32.7. The van der Waals surface area contributed by atoms with Gasteiger partial charge in [0.25, 0.3) is 6.71 Å². The molecular formula is C85H81BN2. The Kier molecular flexibility index (Phi) is 10.5. The average molecular weight is 1140 g/mol. The van der Waals surface area contributed by atoms with Gasteiger partial charge in [-0.1, -0.05) is 250 Å². The first kappa shape index (κ1) is 54.1. The van der Waals surface area contributed by atoms with Crippen LogP contribution in [-0.4, -0.2) is 15.8 Å². The van der Waals surface area contributed by atoms with Gasteiger partial charge in [0.1, 0.15) is 0 Å². The van der Waals surface area contributed by atoms with E-state index in [1.54, 1.807) is 0 Å². The van der Waals surface area contributed by atoms with Crippen molar-refractivity contribution >= 4 is 66.6 Å². The van der Waals surface area contributed by atoms with E-state index in [0.29, 0.717) is 0 Å². The second kappa shape index (κ2) is 17.2. The first-order valence-corrected chi connectivity index (χ1v) is 32.7. The minimum Gasteiger partial charge on any atom is -0.310 e. The summed E-state index contributed by atoms with van der Waals surface area (Å²) in [6.07, 6.45) is 2.29. The SMILES string of the molecule is CC(C)(C)c1ccc(-c2cc3c(cc2-c2c(-c4ccc(C(C)(C)C)cc4)n4c5c(c6ccccc6cc25)B2c5c-4ccc4c5-n5c6c2cc(C(C)(C)C)cc6c2cc(C(C)(C)C)cc(c25)C42c4ccccc4-c4ccccc42)C(C)(C)CCC3(C)C)cc1. The third kappa shape index (κ3) is 6.97. The molecule has 0 unspecified atom stereocenters. The summed E-state index contributed by atoms with van der Waals surface area (Å²) >= 11 is 0. The Morgan fingerprint density at radius 2 is 0.886 bits per heavy atom. The maximum atomic E-state index is 2.82. The molecule has 2 nitrogen and oxygen atoms in total. The van der Waals surface area contributed by atoms with Crippen LogP contribution in [0.15, 0.2) is 176 Å². The zero-order valence-electron chi connectivity index (χ0n) is 54.6. The molecule has 2 aliphatic carbocycles. The van der Waals surface area contributed by atoms with Crippen molar-refractivity contribution in [3.8, 4) is 56.0 Å². The van der Waals surface area contributed by atoms with Crippen LogP contribution in [0.1, 0.15) is 179 Å². The van der Waals surface area contributed by atoms with Gasteiger partial charge in [0.05, 0.1) is 22.1 Å². The second-order valence-electron chi connectivity index (χ2n) is 32.7. The molecule has 1 spiro atoms. The molecule has 0 bridgehead atoms. The number of fused-ring (bicyclic) bond motifs is 14. The maximum Gasteiger partial charge on any atom is 0.253 e. The fraction of sp³-hybridized carbons (Fsp3) is 0.294. The van der Waals surface area contributed by atoms with Gasteiger partial charge in [-0.2, -0.15) is 0 Å². The summed E-state index contributed by atoms with van der Waals surface area (Å²) in [6.45, 7) is 38.5. The van der Waals surface area contributed by atoms with Crippen molar-refractivity contribution in [2.45, 2.75) is 162 Å². The molecule has 12 aromatic rings. The van der Waals surface area contributed by atoms with Crippen LogP contribution in [0, 0.1) is 0 Å². The van der Waals surface area contributed by atoms with Gasteiger partial charge in [-0.25, -0.2) is 0 Å². The van der Waals surface area contributed by atoms with E-state index in [0.717, 1.165) is 12.8 Å². The highest BCUT2D eigenvalue weighted by Crippen LogP contribution is 2.63. The van der Waals surface area contributed by atoms with Gasteiger partial charge in [-0.05, 0) is 198 Å². The van der Waals surface area contributed by atoms with Gasteiger partial charge in [-0.3, -0.25) is 0 Å². The zero-order chi connectivity index (χ0) is 61.1. The predicted molar refractivity (Wildman–Crippen MR) is 377 cm³/mol. The van der Waals surface area contributed by atoms with E-state index in [1.807, 2.05) is 0 Å². The first-order valence-electron chi connectivity index (χ1n) is 32.7. The van der Waals surface area contributed by atoms with Crippen molar-refractivity contribution in [3.05, 3.63) is 232 Å². The van der Waals surface area contributed by atoms with Crippen molar-refractivity contribution in [2.24, 2.45) is 0 Å². The topological polar surface area (TPSA) is 9.86 Å². The lowest BCUT2D eigenvalue weighted by molar-refractivity contribution is 0.332. The Bertz CT molecular complexity index is 5050. The first-order chi connectivity index (χ1) is 41.7. The molecule has 434 valence electrons. The number of benzene rings is 10. The van der Waals surface area contributed by atoms with Crippen molar-refractivity contribution in [1.29, 1.82) is 0 Å². The van der Waals surface area contributed by atoms with Crippen molar-refractivity contribution in [2.75, 3.05) is 0 Å². The lowest BCUT2D eigenvalue weighted by Gasteiger charge is -2.44. The molecule has 0 amide bonds. The standard InChI is InChI=1S/C85H81BN2/c1-79(2,3)51-33-29-48(30-34-51)58-46-66-67(84(15,16)40-39-83(66,13)14)47-59(58)71-62-41-50-23-17-18-24-55(50)72-77(62)87(74(71)49-31-35-52(36-32-49)80(4,5)6)70-38-37-65-78-73(70)86(72)69-45-54(82(10,11)12)43-61-60-42-53(81(7,8)9)44-68(75(60)88(78)76(61)69)85(65)63-27-21-19-25-56(63)57-26-20-22-28-64(57)85/h17-38,41-47H,39-40H2,1-16H3. The van der Waals surface area contributed by atoms with E-state index in [1.165, 1.54) is 172 Å². The van der Waals surface area contributed by atoms with E-state index in [4.69, 9.17) is 0 Å². The Labute approximate surface area is 521 Å². The zero-order valence-corrected chi connectivity index (χ0v) is 54.6. The summed E-state index contributed by atoms with van der Waals surface area (Å²) in [6, 6.07) is 71.4. The Balaban J connectivity index is 1.11. The highest BCUT2D eigenvalue weighted by molar-refractivity contribution is 7.01. The molecule has 0 saturated carbocycles. The number of hydrogen-bond acceptors (Lipinski definition) is 0. The lowest BCUT2D eigenvalue weighted by atomic mass is 9.33. The van der Waals surface area contributed by atoms with E-state index >= 15 is 0 Å². The summed E-state index contributed by atoms with van der Waals surface area (Å²) in [5, 5.41) is 6.64. The van der Waals surface area contributed by atoms with Crippen LogP contribution in [0.4, 0.5) is 0 Å². The highest BCUT2D eigenvalue weighted by Gasteiger charge is 2.55. The van der Waals surface area contributed by atoms with Crippen molar-refractivity contribution in [1.82, 2.24) is 9.13 Å². The van der Waals surface area contributed by atoms with Crippen LogP contribution >= 0.6 is 0 Å². The van der Waals surface area contributed by atoms with Gasteiger partial charge in [0.15, 0.2) is 0 Å². The molecule has 3 heteroatoms. The molecule has 17 rings (SSSR count). The van der Waals surface area contributed by atoms with Gasteiger partial charge in [0.2, 0.25) is 0 Å². The number of aromatic nitrogens is 2. The third-order valence-corrected chi connectivity index (χ3v) is 22.4. The largest absolute Gasteiger partial charge is 0.310 e. The van der Waals surface area contributed by atoms with Gasteiger partial charge >= 0.3 is 0 Å². The summed E-state index contributed by atoms with van der Waals surface area (Å²) in [5.41, 5.74) is 34.3. The summed E-state index contributed by atoms with van der Waals surface area (Å²) in [5.74, 6) is 0. The van der Waals surface area contributed by atoms with Crippen LogP contribution in [-0.2, 0) is 37.9 Å². The molecule has 3 aliphatic heterocycles. The molecule has 5 heterocycles. The van der Waals surface area contributed by atoms with Crippen molar-refractivity contribution < 1.29 is 0 Å². The normalized spacial score (nSPS) is 16.3. The smallest absolute Gasteiger partial charge is 0.253 e. The molecule has 0 fully saturated rings. The minimum absolute atomic E-state index is 0.00933. The number of hydrogen-bond donors (Lipinski definition) is 0. The molecule has 0 radical (unpaired) electrons. The van der Waals surface area contributed by atoms with Crippen LogP contribution < -0.4 is 16.4 Å². The molecule has 10 aromatic carbocycles. The van der Waals surface area contributed by atoms with Crippen LogP contribution in [0.3, 0.4) is 0 Å². The van der Waals surface area contributed by atoms with Gasteiger partial charge in [0, 0.05) is 38.6 Å². The lowest BCUT2D eigenvalue weighted by Crippen LogP contribution is -2.61. The molecule has 0 saturated heterocycles. The average Bonchev–Trinajstić information content (AvgIpc) is 1.42. The van der Waals surface area contributed by atoms with E-state index in [2.05, 4.69) is 296 Å². The summed E-state index contributed by atoms with van der Waals surface area (Å²) < 4.78 is 5.62. The molecule has 0 N–H and O–H groups in total. The number of rotatable bonds is 3. The quantitative estimate of drug-likeness (QED) is 0.156.